The number of oxazole rings is 1. The summed E-state index contributed by atoms with van der Waals surface area (Å²) in [6, 6.07) is 12.7. The maximum absolute atomic E-state index is 13.0. The van der Waals surface area contributed by atoms with Crippen molar-refractivity contribution >= 4 is 34.0 Å². The molecule has 0 bridgehead atoms. The molecule has 0 aliphatic rings. The first kappa shape index (κ1) is 23.0. The number of carbonyl (C=O) groups excluding carboxylic acids is 1. The molecule has 1 N–H and O–H groups in total. The molecule has 2 heterocycles. The molecule has 0 saturated carbocycles. The summed E-state index contributed by atoms with van der Waals surface area (Å²) in [5.41, 5.74) is 0.477. The largest absolute Gasteiger partial charge is 0.441 e. The monoisotopic (exact) mass is 491 g/mol. The summed E-state index contributed by atoms with van der Waals surface area (Å²) in [6.07, 6.45) is -0.683. The van der Waals surface area contributed by atoms with Crippen LogP contribution in [0.3, 0.4) is 0 Å². The van der Waals surface area contributed by atoms with Crippen LogP contribution in [0.15, 0.2) is 65.3 Å². The molecular weight excluding hydrogens is 475 g/mol. The van der Waals surface area contributed by atoms with Crippen LogP contribution in [-0.4, -0.2) is 15.9 Å². The van der Waals surface area contributed by atoms with E-state index in [1.165, 1.54) is 23.6 Å². The van der Waals surface area contributed by atoms with Gasteiger partial charge in [-0.25, -0.2) is 9.97 Å². The normalized spacial score (nSPS) is 11.5. The fraction of sp³-hybridized carbons (Fsp3) is 0.174. The Morgan fingerprint density at radius 1 is 1.09 bits per heavy atom. The molecule has 0 saturated heterocycles. The lowest BCUT2D eigenvalue weighted by Crippen LogP contribution is -2.12. The van der Waals surface area contributed by atoms with Gasteiger partial charge in [0.05, 0.1) is 11.8 Å². The van der Waals surface area contributed by atoms with E-state index in [0.717, 1.165) is 17.7 Å². The minimum atomic E-state index is -4.45. The minimum absolute atomic E-state index is 0.142. The van der Waals surface area contributed by atoms with Crippen LogP contribution in [0.2, 0.25) is 5.02 Å². The molecule has 2 aromatic carbocycles. The third-order valence-electron chi connectivity index (χ3n) is 4.72. The highest BCUT2D eigenvalue weighted by molar-refractivity contribution is 7.15. The van der Waals surface area contributed by atoms with Gasteiger partial charge in [0.2, 0.25) is 5.91 Å². The van der Waals surface area contributed by atoms with E-state index in [2.05, 4.69) is 15.3 Å². The zero-order valence-corrected chi connectivity index (χ0v) is 18.6. The van der Waals surface area contributed by atoms with Crippen LogP contribution in [-0.2, 0) is 23.8 Å². The summed E-state index contributed by atoms with van der Waals surface area (Å²) in [5, 5.41) is 3.29. The molecule has 0 atom stereocenters. The van der Waals surface area contributed by atoms with Gasteiger partial charge >= 0.3 is 6.18 Å². The molecule has 170 valence electrons. The van der Waals surface area contributed by atoms with Crippen molar-refractivity contribution in [2.75, 3.05) is 5.32 Å². The second kappa shape index (κ2) is 9.76. The molecule has 0 aliphatic heterocycles. The highest BCUT2D eigenvalue weighted by Crippen LogP contribution is 2.33. The molecule has 10 heteroatoms. The predicted molar refractivity (Wildman–Crippen MR) is 120 cm³/mol. The maximum Gasteiger partial charge on any atom is 0.416 e. The number of rotatable bonds is 7. The Labute approximate surface area is 196 Å². The number of thiazole rings is 1. The van der Waals surface area contributed by atoms with Gasteiger partial charge in [-0.05, 0) is 23.8 Å². The second-order valence-electron chi connectivity index (χ2n) is 7.14. The van der Waals surface area contributed by atoms with E-state index in [4.69, 9.17) is 16.0 Å². The first-order valence-corrected chi connectivity index (χ1v) is 11.1. The maximum atomic E-state index is 13.0. The average Bonchev–Trinajstić information content (AvgIpc) is 3.43. The number of hydrogen-bond acceptors (Lipinski definition) is 5. The zero-order chi connectivity index (χ0) is 23.4. The number of amides is 1. The Balaban J connectivity index is 1.33. The van der Waals surface area contributed by atoms with Gasteiger partial charge in [0.15, 0.2) is 16.8 Å². The SMILES string of the molecule is O=C(CCc1ncc(-c2ccccc2)o1)Nc1ncc(Cc2cc(C(F)(F)F)ccc2Cl)s1. The summed E-state index contributed by atoms with van der Waals surface area (Å²) in [7, 11) is 0. The van der Waals surface area contributed by atoms with E-state index >= 15 is 0 Å². The van der Waals surface area contributed by atoms with Crippen molar-refractivity contribution in [3.8, 4) is 11.3 Å². The van der Waals surface area contributed by atoms with Crippen LogP contribution in [0.25, 0.3) is 11.3 Å². The number of aryl methyl sites for hydroxylation is 1. The lowest BCUT2D eigenvalue weighted by molar-refractivity contribution is -0.137. The smallest absolute Gasteiger partial charge is 0.416 e. The summed E-state index contributed by atoms with van der Waals surface area (Å²) in [5.74, 6) is 0.805. The van der Waals surface area contributed by atoms with Crippen molar-refractivity contribution in [1.82, 2.24) is 9.97 Å². The third kappa shape index (κ3) is 6.00. The van der Waals surface area contributed by atoms with Crippen molar-refractivity contribution in [3.05, 3.63) is 87.8 Å². The fourth-order valence-corrected chi connectivity index (χ4v) is 4.12. The zero-order valence-electron chi connectivity index (χ0n) is 17.0. The summed E-state index contributed by atoms with van der Waals surface area (Å²) >= 11 is 7.24. The third-order valence-corrected chi connectivity index (χ3v) is 6.00. The first-order chi connectivity index (χ1) is 15.8. The Kier molecular flexibility index (Phi) is 6.80. The Morgan fingerprint density at radius 2 is 1.88 bits per heavy atom. The average molecular weight is 492 g/mol. The molecule has 4 aromatic rings. The van der Waals surface area contributed by atoms with E-state index in [1.54, 1.807) is 6.20 Å². The number of nitrogens with zero attached hydrogens (tertiary/aromatic N) is 2. The van der Waals surface area contributed by atoms with Gasteiger partial charge in [0, 0.05) is 40.9 Å². The lowest BCUT2D eigenvalue weighted by atomic mass is 10.1. The van der Waals surface area contributed by atoms with Gasteiger partial charge < -0.3 is 9.73 Å². The summed E-state index contributed by atoms with van der Waals surface area (Å²) in [6.45, 7) is 0. The molecule has 0 fully saturated rings. The Morgan fingerprint density at radius 3 is 2.64 bits per heavy atom. The van der Waals surface area contributed by atoms with Crippen molar-refractivity contribution in [2.24, 2.45) is 0 Å². The van der Waals surface area contributed by atoms with E-state index < -0.39 is 11.7 Å². The van der Waals surface area contributed by atoms with Gasteiger partial charge in [-0.3, -0.25) is 4.79 Å². The van der Waals surface area contributed by atoms with E-state index in [-0.39, 0.29) is 23.8 Å². The molecule has 33 heavy (non-hydrogen) atoms. The first-order valence-electron chi connectivity index (χ1n) is 9.88. The van der Waals surface area contributed by atoms with Crippen molar-refractivity contribution in [3.63, 3.8) is 0 Å². The number of anilines is 1. The molecule has 1 amide bonds. The Bertz CT molecular complexity index is 1260. The molecular formula is C23H17ClF3N3O2S. The van der Waals surface area contributed by atoms with Crippen LogP contribution in [0, 0.1) is 0 Å². The predicted octanol–water partition coefficient (Wildman–Crippen LogP) is 6.63. The molecule has 0 aliphatic carbocycles. The minimum Gasteiger partial charge on any atom is -0.441 e. The van der Waals surface area contributed by atoms with Gasteiger partial charge in [0.25, 0.3) is 0 Å². The number of hydrogen-bond donors (Lipinski definition) is 1. The highest BCUT2D eigenvalue weighted by Gasteiger charge is 2.31. The molecule has 5 nitrogen and oxygen atoms in total. The van der Waals surface area contributed by atoms with Crippen molar-refractivity contribution < 1.29 is 22.4 Å². The van der Waals surface area contributed by atoms with Gasteiger partial charge in [-0.15, -0.1) is 11.3 Å². The van der Waals surface area contributed by atoms with E-state index in [9.17, 15) is 18.0 Å². The molecule has 2 aromatic heterocycles. The lowest BCUT2D eigenvalue weighted by Gasteiger charge is -2.09. The van der Waals surface area contributed by atoms with Gasteiger partial charge in [0.1, 0.15) is 0 Å². The topological polar surface area (TPSA) is 68.0 Å². The van der Waals surface area contributed by atoms with Gasteiger partial charge in [-0.2, -0.15) is 13.2 Å². The van der Waals surface area contributed by atoms with Gasteiger partial charge in [-0.1, -0.05) is 41.9 Å². The molecule has 0 radical (unpaired) electrons. The molecule has 0 spiro atoms. The molecule has 0 unspecified atom stereocenters. The van der Waals surface area contributed by atoms with Crippen LogP contribution in [0.4, 0.5) is 18.3 Å². The van der Waals surface area contributed by atoms with Crippen molar-refractivity contribution in [1.29, 1.82) is 0 Å². The second-order valence-corrected chi connectivity index (χ2v) is 8.67. The number of halogens is 4. The number of aromatic nitrogens is 2. The summed E-state index contributed by atoms with van der Waals surface area (Å²) in [4.78, 5) is 21.3. The van der Waals surface area contributed by atoms with Crippen LogP contribution < -0.4 is 5.32 Å². The van der Waals surface area contributed by atoms with Crippen LogP contribution >= 0.6 is 22.9 Å². The number of carbonyl (C=O) groups is 1. The number of benzene rings is 2. The summed E-state index contributed by atoms with van der Waals surface area (Å²) < 4.78 is 44.6. The highest BCUT2D eigenvalue weighted by atomic mass is 35.5. The van der Waals surface area contributed by atoms with E-state index in [1.807, 2.05) is 30.3 Å². The fourth-order valence-electron chi connectivity index (χ4n) is 3.09. The van der Waals surface area contributed by atoms with Crippen LogP contribution in [0.1, 0.15) is 28.3 Å². The van der Waals surface area contributed by atoms with Crippen LogP contribution in [0.5, 0.6) is 0 Å². The quantitative estimate of drug-likeness (QED) is 0.315. The molecule has 4 rings (SSSR count). The van der Waals surface area contributed by atoms with E-state index in [0.29, 0.717) is 33.6 Å². The number of nitrogens with one attached hydrogen (secondary N) is 1. The standard InChI is InChI=1S/C23H17ClF3N3O2S/c24-18-7-6-16(23(25,26)27)10-15(18)11-17-12-29-22(33-17)30-20(31)8-9-21-28-13-19(32-21)14-4-2-1-3-5-14/h1-7,10,12-13H,8-9,11H2,(H,29,30,31). The Hall–Kier alpha value is -3.17. The number of alkyl halides is 3. The van der Waals surface area contributed by atoms with Crippen molar-refractivity contribution in [2.45, 2.75) is 25.4 Å².